The van der Waals surface area contributed by atoms with Crippen molar-refractivity contribution in [2.75, 3.05) is 20.3 Å². The first-order valence-corrected chi connectivity index (χ1v) is 14.0. The van der Waals surface area contributed by atoms with E-state index in [0.29, 0.717) is 26.1 Å². The molecule has 4 atom stereocenters. The molecule has 0 aromatic carbocycles. The molecule has 35 heavy (non-hydrogen) atoms. The average molecular weight is 513 g/mol. The molecule has 0 radical (unpaired) electrons. The molecule has 1 aliphatic heterocycles. The zero-order valence-electron chi connectivity index (χ0n) is 21.9. The van der Waals surface area contributed by atoms with E-state index in [1.807, 2.05) is 0 Å². The van der Waals surface area contributed by atoms with Crippen LogP contribution in [0, 0.1) is 11.8 Å². The third-order valence-corrected chi connectivity index (χ3v) is 8.17. The molecule has 2 rings (SSSR count). The number of thioether (sulfide) groups is 1. The smallest absolute Gasteiger partial charge is 0.305 e. The highest BCUT2D eigenvalue weighted by molar-refractivity contribution is 8.14. The molecule has 0 N–H and O–H groups in total. The van der Waals surface area contributed by atoms with Crippen LogP contribution in [0.15, 0.2) is 12.2 Å². The van der Waals surface area contributed by atoms with Gasteiger partial charge in [-0.2, -0.15) is 0 Å². The predicted octanol–water partition coefficient (Wildman–Crippen LogP) is 5.60. The molecule has 0 aromatic heterocycles. The second-order valence-electron chi connectivity index (χ2n) is 9.64. The number of hydrogen-bond donors (Lipinski definition) is 0. The monoisotopic (exact) mass is 512 g/mol. The standard InChI is InChI=1S/C27H44O7S/c1-5-6-11-15-27(32-17-18-33-27)16-14-23-22(12-9-7-8-10-13-26(30)31-4)24(34-20(2)28)19-25(23)35-21(3)29/h7,9,22-25H,5-6,8,10-19H2,1-4H3/t22-,23-,24+,25-/m1/s1. The molecule has 200 valence electrons. The Morgan fingerprint density at radius 3 is 2.40 bits per heavy atom. The van der Waals surface area contributed by atoms with Gasteiger partial charge in [-0.25, -0.2) is 0 Å². The molecule has 0 amide bonds. The van der Waals surface area contributed by atoms with Gasteiger partial charge in [-0.15, -0.1) is 0 Å². The van der Waals surface area contributed by atoms with Crippen molar-refractivity contribution in [3.8, 4) is 0 Å². The zero-order valence-corrected chi connectivity index (χ0v) is 22.7. The molecule has 1 saturated heterocycles. The fourth-order valence-corrected chi connectivity index (χ4v) is 6.56. The molecule has 1 aliphatic carbocycles. The number of allylic oxidation sites excluding steroid dienone is 2. The highest BCUT2D eigenvalue weighted by Crippen LogP contribution is 2.47. The molecule has 0 unspecified atom stereocenters. The third kappa shape index (κ3) is 10.3. The maximum absolute atomic E-state index is 12.0. The molecule has 0 spiro atoms. The molecule has 8 heteroatoms. The number of esters is 2. The van der Waals surface area contributed by atoms with E-state index in [1.54, 1.807) is 6.92 Å². The summed E-state index contributed by atoms with van der Waals surface area (Å²) in [6.45, 7) is 6.48. The van der Waals surface area contributed by atoms with Gasteiger partial charge < -0.3 is 18.9 Å². The largest absolute Gasteiger partial charge is 0.469 e. The van der Waals surface area contributed by atoms with Crippen molar-refractivity contribution in [3.05, 3.63) is 12.2 Å². The van der Waals surface area contributed by atoms with Crippen molar-refractivity contribution in [3.63, 3.8) is 0 Å². The summed E-state index contributed by atoms with van der Waals surface area (Å²) in [6, 6.07) is 0. The van der Waals surface area contributed by atoms with Crippen LogP contribution in [0.3, 0.4) is 0 Å². The van der Waals surface area contributed by atoms with Gasteiger partial charge >= 0.3 is 11.9 Å². The molecular formula is C27H44O7S. The van der Waals surface area contributed by atoms with Gasteiger partial charge in [0, 0.05) is 44.3 Å². The fraction of sp³-hybridized carbons (Fsp3) is 0.815. The van der Waals surface area contributed by atoms with E-state index in [4.69, 9.17) is 18.9 Å². The number of hydrogen-bond acceptors (Lipinski definition) is 8. The predicted molar refractivity (Wildman–Crippen MR) is 137 cm³/mol. The number of carbonyl (C=O) groups excluding carboxylic acids is 3. The van der Waals surface area contributed by atoms with E-state index in [-0.39, 0.29) is 40.2 Å². The topological polar surface area (TPSA) is 88.1 Å². The summed E-state index contributed by atoms with van der Waals surface area (Å²) in [7, 11) is 1.40. The molecule has 0 aromatic rings. The summed E-state index contributed by atoms with van der Waals surface area (Å²) in [5, 5.41) is 0.190. The first-order valence-electron chi connectivity index (χ1n) is 13.1. The van der Waals surface area contributed by atoms with Gasteiger partial charge in [0.05, 0.1) is 20.3 Å². The van der Waals surface area contributed by atoms with Crippen LogP contribution in [0.25, 0.3) is 0 Å². The highest BCUT2D eigenvalue weighted by atomic mass is 32.2. The van der Waals surface area contributed by atoms with Crippen LogP contribution < -0.4 is 0 Å². The van der Waals surface area contributed by atoms with Gasteiger partial charge in [-0.1, -0.05) is 43.7 Å². The lowest BCUT2D eigenvalue weighted by atomic mass is 9.85. The summed E-state index contributed by atoms with van der Waals surface area (Å²) in [5.41, 5.74) is 0. The Morgan fingerprint density at radius 2 is 1.77 bits per heavy atom. The van der Waals surface area contributed by atoms with E-state index in [1.165, 1.54) is 25.8 Å². The van der Waals surface area contributed by atoms with Crippen LogP contribution in [0.5, 0.6) is 0 Å². The van der Waals surface area contributed by atoms with Crippen LogP contribution in [0.4, 0.5) is 0 Å². The van der Waals surface area contributed by atoms with Crippen LogP contribution in [-0.4, -0.2) is 54.5 Å². The van der Waals surface area contributed by atoms with E-state index < -0.39 is 5.79 Å². The van der Waals surface area contributed by atoms with Crippen LogP contribution >= 0.6 is 11.8 Å². The van der Waals surface area contributed by atoms with Gasteiger partial charge in [-0.05, 0) is 44.4 Å². The minimum absolute atomic E-state index is 0.0894. The van der Waals surface area contributed by atoms with Crippen molar-refractivity contribution in [2.24, 2.45) is 11.8 Å². The third-order valence-electron chi connectivity index (χ3n) is 6.99. The van der Waals surface area contributed by atoms with Crippen molar-refractivity contribution >= 4 is 28.8 Å². The molecule has 0 bridgehead atoms. The van der Waals surface area contributed by atoms with Gasteiger partial charge in [0.15, 0.2) is 10.9 Å². The lowest BCUT2D eigenvalue weighted by Crippen LogP contribution is -2.33. The van der Waals surface area contributed by atoms with Gasteiger partial charge in [0.25, 0.3) is 0 Å². The molecule has 2 fully saturated rings. The van der Waals surface area contributed by atoms with Gasteiger partial charge in [-0.3, -0.25) is 14.4 Å². The molecule has 2 aliphatic rings. The van der Waals surface area contributed by atoms with Crippen molar-refractivity contribution in [2.45, 2.75) is 109 Å². The summed E-state index contributed by atoms with van der Waals surface area (Å²) >= 11 is 1.37. The number of ether oxygens (including phenoxy) is 4. The molecule has 7 nitrogen and oxygen atoms in total. The first kappa shape index (κ1) is 29.8. The summed E-state index contributed by atoms with van der Waals surface area (Å²) in [4.78, 5) is 35.2. The van der Waals surface area contributed by atoms with E-state index in [9.17, 15) is 14.4 Å². The number of unbranched alkanes of at least 4 members (excludes halogenated alkanes) is 3. The highest BCUT2D eigenvalue weighted by Gasteiger charge is 2.46. The average Bonchev–Trinajstić information content (AvgIpc) is 3.39. The minimum atomic E-state index is -0.533. The van der Waals surface area contributed by atoms with Crippen LogP contribution in [-0.2, 0) is 33.3 Å². The Bertz CT molecular complexity index is 702. The fourth-order valence-electron chi connectivity index (χ4n) is 5.33. The van der Waals surface area contributed by atoms with Crippen molar-refractivity contribution in [1.29, 1.82) is 0 Å². The minimum Gasteiger partial charge on any atom is -0.469 e. The molecular weight excluding hydrogens is 468 g/mol. The second-order valence-corrected chi connectivity index (χ2v) is 11.1. The quantitative estimate of drug-likeness (QED) is 0.159. The number of rotatable bonds is 15. The number of carbonyl (C=O) groups is 3. The summed E-state index contributed by atoms with van der Waals surface area (Å²) in [6.07, 6.45) is 13.3. The maximum Gasteiger partial charge on any atom is 0.305 e. The van der Waals surface area contributed by atoms with Crippen molar-refractivity contribution in [1.82, 2.24) is 0 Å². The van der Waals surface area contributed by atoms with E-state index in [0.717, 1.165) is 57.8 Å². The maximum atomic E-state index is 12.0. The Labute approximate surface area is 215 Å². The first-order chi connectivity index (χ1) is 16.8. The van der Waals surface area contributed by atoms with Crippen LogP contribution in [0.1, 0.15) is 91.4 Å². The van der Waals surface area contributed by atoms with Gasteiger partial charge in [0.2, 0.25) is 0 Å². The van der Waals surface area contributed by atoms with E-state index >= 15 is 0 Å². The lowest BCUT2D eigenvalue weighted by molar-refractivity contribution is -0.171. The van der Waals surface area contributed by atoms with Crippen LogP contribution in [0.2, 0.25) is 0 Å². The lowest BCUT2D eigenvalue weighted by Gasteiger charge is -2.32. The Balaban J connectivity index is 2.09. The molecule has 1 saturated carbocycles. The Kier molecular flexibility index (Phi) is 13.4. The Morgan fingerprint density at radius 1 is 1.03 bits per heavy atom. The summed E-state index contributed by atoms with van der Waals surface area (Å²) in [5.74, 6) is -0.676. The van der Waals surface area contributed by atoms with Gasteiger partial charge in [0.1, 0.15) is 6.10 Å². The molecule has 1 heterocycles. The van der Waals surface area contributed by atoms with E-state index in [2.05, 4.69) is 19.1 Å². The number of methoxy groups -OCH3 is 1. The normalized spacial score (nSPS) is 25.7. The van der Waals surface area contributed by atoms with Crippen molar-refractivity contribution < 1.29 is 33.3 Å². The summed E-state index contributed by atoms with van der Waals surface area (Å²) < 4.78 is 22.7. The zero-order chi connectivity index (χ0) is 25.7. The Hall–Kier alpha value is -1.38. The SMILES string of the molecule is CCCCCC1(CC[C@@H]2[C@@H](CC=CCCCC(=O)OC)[C@@H](OC(C)=O)C[C@H]2SC(C)=O)OCCO1. The second kappa shape index (κ2) is 15.7.